The minimum absolute atomic E-state index is 0.503. The highest BCUT2D eigenvalue weighted by atomic mass is 19.1. The van der Waals surface area contributed by atoms with Crippen LogP contribution in [0.2, 0.25) is 0 Å². The molecule has 20 heavy (non-hydrogen) atoms. The van der Waals surface area contributed by atoms with Gasteiger partial charge in [0, 0.05) is 5.70 Å². The summed E-state index contributed by atoms with van der Waals surface area (Å²) in [5, 5.41) is 3.20. The maximum Gasteiger partial charge on any atom is 0.213 e. The molecule has 0 fully saturated rings. The number of halogens is 1. The largest absolute Gasteiger partial charge is 0.340 e. The predicted molar refractivity (Wildman–Crippen MR) is 80.8 cm³/mol. The standard InChI is InChI=1S/C16H16FN3/c1-4-5-12(10-11(2)3)18-16-9-7-13-14(20-16)6-8-15(17)19-13/h4-10H,2H2,1,3H3,(H,18,20)/b5-4-,12-10+. The summed E-state index contributed by atoms with van der Waals surface area (Å²) in [6, 6.07) is 6.42. The van der Waals surface area contributed by atoms with Crippen molar-refractivity contribution in [3.8, 4) is 0 Å². The molecule has 3 nitrogen and oxygen atoms in total. The van der Waals surface area contributed by atoms with Gasteiger partial charge in [-0.2, -0.15) is 4.39 Å². The van der Waals surface area contributed by atoms with E-state index in [1.54, 1.807) is 18.2 Å². The number of hydrogen-bond donors (Lipinski definition) is 1. The maximum atomic E-state index is 13.0. The van der Waals surface area contributed by atoms with Crippen LogP contribution >= 0.6 is 0 Å². The number of fused-ring (bicyclic) bond motifs is 1. The second-order valence-electron chi connectivity index (χ2n) is 4.44. The number of allylic oxidation sites excluding steroid dienone is 4. The Morgan fingerprint density at radius 1 is 1.20 bits per heavy atom. The van der Waals surface area contributed by atoms with E-state index in [0.717, 1.165) is 11.3 Å². The first-order valence-corrected chi connectivity index (χ1v) is 6.29. The van der Waals surface area contributed by atoms with E-state index < -0.39 is 5.95 Å². The fraction of sp³-hybridized carbons (Fsp3) is 0.125. The van der Waals surface area contributed by atoms with Gasteiger partial charge in [-0.05, 0) is 50.3 Å². The summed E-state index contributed by atoms with van der Waals surface area (Å²) in [5.74, 6) is 0.174. The molecule has 0 atom stereocenters. The van der Waals surface area contributed by atoms with Crippen LogP contribution in [0.3, 0.4) is 0 Å². The third-order valence-corrected chi connectivity index (χ3v) is 2.53. The van der Waals surface area contributed by atoms with Gasteiger partial charge in [-0.1, -0.05) is 18.2 Å². The molecular weight excluding hydrogens is 253 g/mol. The highest BCUT2D eigenvalue weighted by Crippen LogP contribution is 2.15. The Bertz CT molecular complexity index is 702. The number of hydrogen-bond acceptors (Lipinski definition) is 3. The van der Waals surface area contributed by atoms with E-state index >= 15 is 0 Å². The van der Waals surface area contributed by atoms with Crippen LogP contribution in [0.25, 0.3) is 11.0 Å². The van der Waals surface area contributed by atoms with E-state index in [2.05, 4.69) is 21.9 Å². The van der Waals surface area contributed by atoms with Crippen LogP contribution < -0.4 is 5.32 Å². The Kier molecular flexibility index (Phi) is 4.25. The lowest BCUT2D eigenvalue weighted by atomic mass is 10.2. The van der Waals surface area contributed by atoms with Crippen LogP contribution in [-0.4, -0.2) is 9.97 Å². The summed E-state index contributed by atoms with van der Waals surface area (Å²) in [6.45, 7) is 7.72. The minimum Gasteiger partial charge on any atom is -0.340 e. The van der Waals surface area contributed by atoms with Gasteiger partial charge in [0.1, 0.15) is 5.82 Å². The van der Waals surface area contributed by atoms with Crippen molar-refractivity contribution in [3.63, 3.8) is 0 Å². The molecule has 0 radical (unpaired) electrons. The van der Waals surface area contributed by atoms with Crippen molar-refractivity contribution < 1.29 is 4.39 Å². The quantitative estimate of drug-likeness (QED) is 0.667. The van der Waals surface area contributed by atoms with E-state index in [9.17, 15) is 4.39 Å². The number of nitrogens with one attached hydrogen (secondary N) is 1. The van der Waals surface area contributed by atoms with Crippen LogP contribution in [0.5, 0.6) is 0 Å². The molecule has 0 saturated carbocycles. The van der Waals surface area contributed by atoms with Crippen molar-refractivity contribution in [2.75, 3.05) is 5.32 Å². The molecule has 4 heteroatoms. The Hall–Kier alpha value is -2.49. The number of aromatic nitrogens is 2. The van der Waals surface area contributed by atoms with Crippen molar-refractivity contribution in [1.82, 2.24) is 9.97 Å². The highest BCUT2D eigenvalue weighted by molar-refractivity contribution is 5.76. The summed E-state index contributed by atoms with van der Waals surface area (Å²) in [4.78, 5) is 8.18. The second-order valence-corrected chi connectivity index (χ2v) is 4.44. The summed E-state index contributed by atoms with van der Waals surface area (Å²) in [7, 11) is 0. The average molecular weight is 269 g/mol. The highest BCUT2D eigenvalue weighted by Gasteiger charge is 2.02. The zero-order valence-corrected chi connectivity index (χ0v) is 11.5. The number of anilines is 1. The van der Waals surface area contributed by atoms with E-state index in [1.807, 2.05) is 32.1 Å². The van der Waals surface area contributed by atoms with E-state index in [4.69, 9.17) is 0 Å². The van der Waals surface area contributed by atoms with Crippen LogP contribution in [-0.2, 0) is 0 Å². The molecule has 0 aromatic carbocycles. The molecule has 2 rings (SSSR count). The van der Waals surface area contributed by atoms with Gasteiger partial charge in [0.25, 0.3) is 0 Å². The Labute approximate surface area is 117 Å². The lowest BCUT2D eigenvalue weighted by molar-refractivity contribution is 0.589. The molecular formula is C16H16FN3. The SMILES string of the molecule is C=C(C)/C=C(\C=C/C)Nc1ccc2nc(F)ccc2n1. The third kappa shape index (κ3) is 3.51. The normalized spacial score (nSPS) is 12.1. The zero-order chi connectivity index (χ0) is 14.5. The van der Waals surface area contributed by atoms with Gasteiger partial charge >= 0.3 is 0 Å². The van der Waals surface area contributed by atoms with Gasteiger partial charge in [-0.15, -0.1) is 0 Å². The van der Waals surface area contributed by atoms with Crippen molar-refractivity contribution in [3.05, 3.63) is 66.3 Å². The predicted octanol–water partition coefficient (Wildman–Crippen LogP) is 4.22. The molecule has 102 valence electrons. The molecule has 0 spiro atoms. The minimum atomic E-state index is -0.503. The first-order valence-electron chi connectivity index (χ1n) is 6.29. The topological polar surface area (TPSA) is 37.8 Å². The molecule has 0 aliphatic carbocycles. The smallest absolute Gasteiger partial charge is 0.213 e. The molecule has 0 bridgehead atoms. The van der Waals surface area contributed by atoms with E-state index in [-0.39, 0.29) is 0 Å². The molecule has 2 aromatic rings. The zero-order valence-electron chi connectivity index (χ0n) is 11.5. The lowest BCUT2D eigenvalue weighted by Gasteiger charge is -2.07. The van der Waals surface area contributed by atoms with Crippen molar-refractivity contribution in [2.45, 2.75) is 13.8 Å². The van der Waals surface area contributed by atoms with Crippen LogP contribution in [0.15, 0.2) is 60.3 Å². The van der Waals surface area contributed by atoms with Crippen molar-refractivity contribution in [2.24, 2.45) is 0 Å². The van der Waals surface area contributed by atoms with Gasteiger partial charge in [-0.3, -0.25) is 0 Å². The number of pyridine rings is 2. The molecule has 2 aromatic heterocycles. The van der Waals surface area contributed by atoms with Crippen LogP contribution in [0, 0.1) is 5.95 Å². The fourth-order valence-corrected chi connectivity index (χ4v) is 1.77. The van der Waals surface area contributed by atoms with Crippen LogP contribution in [0.1, 0.15) is 13.8 Å². The van der Waals surface area contributed by atoms with Gasteiger partial charge in [-0.25, -0.2) is 9.97 Å². The maximum absolute atomic E-state index is 13.0. The summed E-state index contributed by atoms with van der Waals surface area (Å²) < 4.78 is 13.0. The monoisotopic (exact) mass is 269 g/mol. The van der Waals surface area contributed by atoms with Gasteiger partial charge in [0.05, 0.1) is 11.0 Å². The third-order valence-electron chi connectivity index (χ3n) is 2.53. The Balaban J connectivity index is 2.33. The number of nitrogens with zero attached hydrogens (tertiary/aromatic N) is 2. The molecule has 0 aliphatic heterocycles. The van der Waals surface area contributed by atoms with Crippen molar-refractivity contribution in [1.29, 1.82) is 0 Å². The number of rotatable bonds is 4. The molecule has 0 amide bonds. The average Bonchev–Trinajstić information content (AvgIpc) is 2.38. The molecule has 0 saturated heterocycles. The summed E-state index contributed by atoms with van der Waals surface area (Å²) in [5.41, 5.74) is 3.01. The lowest BCUT2D eigenvalue weighted by Crippen LogP contribution is -2.00. The first-order chi connectivity index (χ1) is 9.58. The molecule has 0 aliphatic rings. The van der Waals surface area contributed by atoms with Gasteiger partial charge < -0.3 is 5.32 Å². The van der Waals surface area contributed by atoms with E-state index in [0.29, 0.717) is 16.9 Å². The van der Waals surface area contributed by atoms with E-state index in [1.165, 1.54) is 6.07 Å². The molecule has 1 N–H and O–H groups in total. The molecule has 0 unspecified atom stereocenters. The fourth-order valence-electron chi connectivity index (χ4n) is 1.77. The summed E-state index contributed by atoms with van der Waals surface area (Å²) >= 11 is 0. The summed E-state index contributed by atoms with van der Waals surface area (Å²) in [6.07, 6.45) is 5.79. The first kappa shape index (κ1) is 13.9. The van der Waals surface area contributed by atoms with Gasteiger partial charge in [0.2, 0.25) is 5.95 Å². The second kappa shape index (κ2) is 6.10. The Morgan fingerprint density at radius 2 is 1.90 bits per heavy atom. The molecule has 2 heterocycles. The van der Waals surface area contributed by atoms with Gasteiger partial charge in [0.15, 0.2) is 0 Å². The van der Waals surface area contributed by atoms with Crippen molar-refractivity contribution >= 4 is 16.9 Å². The Morgan fingerprint density at radius 3 is 2.60 bits per heavy atom. The van der Waals surface area contributed by atoms with Crippen LogP contribution in [0.4, 0.5) is 10.2 Å².